The van der Waals surface area contributed by atoms with Crippen molar-refractivity contribution in [2.24, 2.45) is 0 Å². The maximum Gasteiger partial charge on any atom is 0.216 e. The second-order valence-electron chi connectivity index (χ2n) is 6.23. The standard InChI is InChI=1S/C13H24N2O2S/c1-15(18(16,17)13-4-2-3-5-13)12-8-10-6-7-11(9-12)14-10/h10-14H,2-9H2,1H3. The molecular weight excluding hydrogens is 248 g/mol. The second-order valence-corrected chi connectivity index (χ2v) is 8.50. The number of rotatable bonds is 3. The SMILES string of the molecule is CN(C1CC2CCC(C1)N2)S(=O)(=O)C1CCCC1. The predicted octanol–water partition coefficient (Wildman–Crippen LogP) is 1.47. The number of piperidine rings is 1. The van der Waals surface area contributed by atoms with Crippen molar-refractivity contribution in [2.75, 3.05) is 7.05 Å². The first kappa shape index (κ1) is 12.9. The van der Waals surface area contributed by atoms with Crippen LogP contribution in [0, 0.1) is 0 Å². The zero-order chi connectivity index (χ0) is 12.8. The summed E-state index contributed by atoms with van der Waals surface area (Å²) in [6.45, 7) is 0. The van der Waals surface area contributed by atoms with Gasteiger partial charge in [-0.15, -0.1) is 0 Å². The highest BCUT2D eigenvalue weighted by atomic mass is 32.2. The zero-order valence-corrected chi connectivity index (χ0v) is 12.0. The Balaban J connectivity index is 1.71. The summed E-state index contributed by atoms with van der Waals surface area (Å²) < 4.78 is 26.9. The lowest BCUT2D eigenvalue weighted by Crippen LogP contribution is -2.50. The Hall–Kier alpha value is -0.130. The number of fused-ring (bicyclic) bond motifs is 2. The second kappa shape index (κ2) is 4.76. The van der Waals surface area contributed by atoms with E-state index in [0.717, 1.165) is 38.5 Å². The van der Waals surface area contributed by atoms with Gasteiger partial charge in [0.2, 0.25) is 10.0 Å². The van der Waals surface area contributed by atoms with E-state index in [9.17, 15) is 8.42 Å². The summed E-state index contributed by atoms with van der Waals surface area (Å²) in [7, 11) is -1.24. The Morgan fingerprint density at radius 2 is 1.56 bits per heavy atom. The summed E-state index contributed by atoms with van der Waals surface area (Å²) in [5.41, 5.74) is 0. The van der Waals surface area contributed by atoms with Crippen LogP contribution in [0.15, 0.2) is 0 Å². The molecule has 2 aliphatic heterocycles. The highest BCUT2D eigenvalue weighted by molar-refractivity contribution is 7.89. The molecule has 0 aromatic carbocycles. The molecule has 2 saturated heterocycles. The number of sulfonamides is 1. The summed E-state index contributed by atoms with van der Waals surface area (Å²) in [5, 5.41) is 3.47. The Kier molecular flexibility index (Phi) is 3.41. The molecule has 1 saturated carbocycles. The number of hydrogen-bond donors (Lipinski definition) is 1. The van der Waals surface area contributed by atoms with E-state index in [1.807, 2.05) is 7.05 Å². The Morgan fingerprint density at radius 1 is 1.00 bits per heavy atom. The molecule has 0 aromatic heterocycles. The quantitative estimate of drug-likeness (QED) is 0.846. The lowest BCUT2D eigenvalue weighted by Gasteiger charge is -2.36. The van der Waals surface area contributed by atoms with E-state index in [-0.39, 0.29) is 11.3 Å². The smallest absolute Gasteiger partial charge is 0.216 e. The van der Waals surface area contributed by atoms with Gasteiger partial charge in [-0.2, -0.15) is 0 Å². The maximum atomic E-state index is 12.6. The highest BCUT2D eigenvalue weighted by Crippen LogP contribution is 2.33. The zero-order valence-electron chi connectivity index (χ0n) is 11.1. The van der Waals surface area contributed by atoms with Gasteiger partial charge in [0.15, 0.2) is 0 Å². The van der Waals surface area contributed by atoms with Crippen LogP contribution < -0.4 is 5.32 Å². The molecule has 104 valence electrons. The van der Waals surface area contributed by atoms with Gasteiger partial charge in [-0.1, -0.05) is 12.8 Å². The third kappa shape index (κ3) is 2.21. The fourth-order valence-corrected chi connectivity index (χ4v) is 5.94. The molecule has 0 amide bonds. The fraction of sp³-hybridized carbons (Fsp3) is 1.00. The van der Waals surface area contributed by atoms with Crippen molar-refractivity contribution in [3.05, 3.63) is 0 Å². The molecule has 0 radical (unpaired) electrons. The summed E-state index contributed by atoms with van der Waals surface area (Å²) >= 11 is 0. The third-order valence-electron chi connectivity index (χ3n) is 5.09. The molecule has 0 aromatic rings. The summed E-state index contributed by atoms with van der Waals surface area (Å²) in [4.78, 5) is 0. The van der Waals surface area contributed by atoms with Crippen molar-refractivity contribution >= 4 is 10.0 Å². The van der Waals surface area contributed by atoms with E-state index in [1.165, 1.54) is 12.8 Å². The fourth-order valence-electron chi connectivity index (χ4n) is 3.95. The van der Waals surface area contributed by atoms with Gasteiger partial charge >= 0.3 is 0 Å². The van der Waals surface area contributed by atoms with Crippen LogP contribution in [0.4, 0.5) is 0 Å². The van der Waals surface area contributed by atoms with Crippen LogP contribution in [-0.4, -0.2) is 43.1 Å². The molecule has 2 heterocycles. The monoisotopic (exact) mass is 272 g/mol. The van der Waals surface area contributed by atoms with Gasteiger partial charge in [0, 0.05) is 25.2 Å². The van der Waals surface area contributed by atoms with Crippen molar-refractivity contribution < 1.29 is 8.42 Å². The van der Waals surface area contributed by atoms with E-state index in [0.29, 0.717) is 12.1 Å². The average molecular weight is 272 g/mol. The van der Waals surface area contributed by atoms with Gasteiger partial charge < -0.3 is 5.32 Å². The molecule has 3 fully saturated rings. The van der Waals surface area contributed by atoms with E-state index >= 15 is 0 Å². The topological polar surface area (TPSA) is 49.4 Å². The molecule has 2 bridgehead atoms. The van der Waals surface area contributed by atoms with Crippen LogP contribution in [-0.2, 0) is 10.0 Å². The van der Waals surface area contributed by atoms with Gasteiger partial charge in [0.05, 0.1) is 5.25 Å². The molecule has 2 atom stereocenters. The van der Waals surface area contributed by atoms with Crippen LogP contribution in [0.5, 0.6) is 0 Å². The van der Waals surface area contributed by atoms with E-state index in [4.69, 9.17) is 0 Å². The van der Waals surface area contributed by atoms with Crippen LogP contribution >= 0.6 is 0 Å². The van der Waals surface area contributed by atoms with Crippen LogP contribution in [0.3, 0.4) is 0 Å². The third-order valence-corrected chi connectivity index (χ3v) is 7.50. The first-order chi connectivity index (χ1) is 8.57. The maximum absolute atomic E-state index is 12.6. The molecule has 5 heteroatoms. The van der Waals surface area contributed by atoms with Gasteiger partial charge in [0.1, 0.15) is 0 Å². The van der Waals surface area contributed by atoms with E-state index in [1.54, 1.807) is 4.31 Å². The summed E-state index contributed by atoms with van der Waals surface area (Å²) in [5.74, 6) is 0. The highest BCUT2D eigenvalue weighted by Gasteiger charge is 2.41. The molecule has 18 heavy (non-hydrogen) atoms. The first-order valence-corrected chi connectivity index (χ1v) is 8.80. The van der Waals surface area contributed by atoms with E-state index in [2.05, 4.69) is 5.32 Å². The van der Waals surface area contributed by atoms with Crippen molar-refractivity contribution in [3.63, 3.8) is 0 Å². The minimum absolute atomic E-state index is 0.102. The lowest BCUT2D eigenvalue weighted by molar-refractivity contribution is 0.249. The van der Waals surface area contributed by atoms with Crippen LogP contribution in [0.25, 0.3) is 0 Å². The van der Waals surface area contributed by atoms with Gasteiger partial charge in [-0.3, -0.25) is 0 Å². The Labute approximate surface area is 110 Å². The largest absolute Gasteiger partial charge is 0.311 e. The summed E-state index contributed by atoms with van der Waals surface area (Å²) in [6, 6.07) is 1.33. The van der Waals surface area contributed by atoms with Gasteiger partial charge in [-0.25, -0.2) is 12.7 Å². The number of nitrogens with one attached hydrogen (secondary N) is 1. The van der Waals surface area contributed by atoms with Crippen LogP contribution in [0.1, 0.15) is 51.4 Å². The summed E-state index contributed by atoms with van der Waals surface area (Å²) in [6.07, 6.45) is 8.33. The Morgan fingerprint density at radius 3 is 2.11 bits per heavy atom. The molecule has 1 N–H and O–H groups in total. The number of nitrogens with zero attached hydrogens (tertiary/aromatic N) is 1. The normalized spacial score (nSPS) is 37.6. The Bertz CT molecular complexity index is 391. The van der Waals surface area contributed by atoms with E-state index < -0.39 is 10.0 Å². The molecule has 1 aliphatic carbocycles. The minimum atomic E-state index is -3.05. The molecular formula is C13H24N2O2S. The molecule has 4 nitrogen and oxygen atoms in total. The molecule has 3 aliphatic rings. The lowest BCUT2D eigenvalue weighted by atomic mass is 10.0. The molecule has 0 spiro atoms. The average Bonchev–Trinajstić information content (AvgIpc) is 2.98. The minimum Gasteiger partial charge on any atom is -0.311 e. The van der Waals surface area contributed by atoms with Crippen molar-refractivity contribution in [1.29, 1.82) is 0 Å². The van der Waals surface area contributed by atoms with Gasteiger partial charge in [-0.05, 0) is 38.5 Å². The van der Waals surface area contributed by atoms with Crippen molar-refractivity contribution in [3.8, 4) is 0 Å². The van der Waals surface area contributed by atoms with Crippen molar-refractivity contribution in [1.82, 2.24) is 9.62 Å². The molecule has 3 rings (SSSR count). The van der Waals surface area contributed by atoms with Gasteiger partial charge in [0.25, 0.3) is 0 Å². The predicted molar refractivity (Wildman–Crippen MR) is 71.9 cm³/mol. The van der Waals surface area contributed by atoms with Crippen molar-refractivity contribution in [2.45, 2.75) is 74.7 Å². The number of hydrogen-bond acceptors (Lipinski definition) is 3. The van der Waals surface area contributed by atoms with Crippen LogP contribution in [0.2, 0.25) is 0 Å². The first-order valence-electron chi connectivity index (χ1n) is 7.30. The molecule has 2 unspecified atom stereocenters.